The maximum atomic E-state index is 12.4. The van der Waals surface area contributed by atoms with Crippen LogP contribution in [0.5, 0.6) is 0 Å². The highest BCUT2D eigenvalue weighted by Crippen LogP contribution is 2.47. The number of hydrogen-bond donors (Lipinski definition) is 2. The predicted molar refractivity (Wildman–Crippen MR) is 80.5 cm³/mol. The van der Waals surface area contributed by atoms with E-state index in [1.54, 1.807) is 0 Å². The zero-order chi connectivity index (χ0) is 13.6. The van der Waals surface area contributed by atoms with Crippen LogP contribution in [0.1, 0.15) is 11.1 Å². The number of para-hydroxylation sites is 1. The standard InChI is InChI=1S/C15H11N3OS/c19-14-15(11-8-4-5-9-12(11)16-14)18-17-13(20-15)10-6-2-1-3-7-10/h1-9,18H,(H,16,19)/t15-/m0/s1. The normalized spacial score (nSPS) is 23.2. The molecule has 2 aliphatic rings. The summed E-state index contributed by atoms with van der Waals surface area (Å²) in [5.74, 6) is -0.0709. The molecule has 0 saturated heterocycles. The molecular formula is C15H11N3OS. The van der Waals surface area contributed by atoms with Crippen molar-refractivity contribution in [1.82, 2.24) is 5.43 Å². The largest absolute Gasteiger partial charge is 0.323 e. The second-order valence-electron chi connectivity index (χ2n) is 4.68. The summed E-state index contributed by atoms with van der Waals surface area (Å²) in [5.41, 5.74) is 5.82. The van der Waals surface area contributed by atoms with Gasteiger partial charge in [-0.25, -0.2) is 0 Å². The Hall–Kier alpha value is -2.27. The first-order valence-electron chi connectivity index (χ1n) is 6.30. The number of anilines is 1. The van der Waals surface area contributed by atoms with Gasteiger partial charge in [0.1, 0.15) is 5.04 Å². The molecule has 2 heterocycles. The molecule has 20 heavy (non-hydrogen) atoms. The molecule has 0 fully saturated rings. The van der Waals surface area contributed by atoms with Crippen LogP contribution >= 0.6 is 11.8 Å². The van der Waals surface area contributed by atoms with E-state index < -0.39 is 4.87 Å². The molecule has 4 nitrogen and oxygen atoms in total. The number of nitrogens with one attached hydrogen (secondary N) is 2. The number of carbonyl (C=O) groups excluding carboxylic acids is 1. The fourth-order valence-electron chi connectivity index (χ4n) is 2.47. The van der Waals surface area contributed by atoms with Gasteiger partial charge in [-0.3, -0.25) is 10.2 Å². The van der Waals surface area contributed by atoms with Crippen molar-refractivity contribution in [2.45, 2.75) is 4.87 Å². The van der Waals surface area contributed by atoms with Crippen LogP contribution in [-0.4, -0.2) is 11.0 Å². The smallest absolute Gasteiger partial charge is 0.267 e. The van der Waals surface area contributed by atoms with E-state index in [2.05, 4.69) is 15.8 Å². The summed E-state index contributed by atoms with van der Waals surface area (Å²) in [7, 11) is 0. The van der Waals surface area contributed by atoms with Crippen LogP contribution in [0.3, 0.4) is 0 Å². The molecule has 0 aliphatic carbocycles. The van der Waals surface area contributed by atoms with Crippen LogP contribution in [0.4, 0.5) is 5.69 Å². The number of hydrogen-bond acceptors (Lipinski definition) is 4. The van der Waals surface area contributed by atoms with E-state index in [1.807, 2.05) is 54.6 Å². The number of hydrazone groups is 1. The fourth-order valence-corrected chi connectivity index (χ4v) is 3.63. The van der Waals surface area contributed by atoms with Crippen LogP contribution in [0.25, 0.3) is 0 Å². The number of carbonyl (C=O) groups is 1. The van der Waals surface area contributed by atoms with Crippen LogP contribution in [0.2, 0.25) is 0 Å². The van der Waals surface area contributed by atoms with E-state index >= 15 is 0 Å². The van der Waals surface area contributed by atoms with Gasteiger partial charge in [0, 0.05) is 16.8 Å². The number of nitrogens with zero attached hydrogens (tertiary/aromatic N) is 1. The maximum Gasteiger partial charge on any atom is 0.267 e. The zero-order valence-electron chi connectivity index (χ0n) is 10.5. The Morgan fingerprint density at radius 3 is 2.60 bits per heavy atom. The van der Waals surface area contributed by atoms with Gasteiger partial charge in [0.2, 0.25) is 4.87 Å². The summed E-state index contributed by atoms with van der Waals surface area (Å²) < 4.78 is 0. The number of fused-ring (bicyclic) bond motifs is 2. The second kappa shape index (κ2) is 4.11. The van der Waals surface area contributed by atoms with Gasteiger partial charge in [-0.1, -0.05) is 60.3 Å². The Kier molecular flexibility index (Phi) is 2.37. The highest BCUT2D eigenvalue weighted by atomic mass is 32.2. The Labute approximate surface area is 120 Å². The first-order chi connectivity index (χ1) is 9.79. The molecular weight excluding hydrogens is 270 g/mol. The summed E-state index contributed by atoms with van der Waals surface area (Å²) in [6, 6.07) is 17.6. The van der Waals surface area contributed by atoms with Crippen molar-refractivity contribution in [2.24, 2.45) is 5.10 Å². The van der Waals surface area contributed by atoms with Gasteiger partial charge in [-0.15, -0.1) is 0 Å². The van der Waals surface area contributed by atoms with E-state index in [0.717, 1.165) is 21.9 Å². The Morgan fingerprint density at radius 1 is 1.00 bits per heavy atom. The lowest BCUT2D eigenvalue weighted by molar-refractivity contribution is -0.118. The van der Waals surface area contributed by atoms with Gasteiger partial charge in [0.25, 0.3) is 5.91 Å². The Balaban J connectivity index is 1.74. The molecule has 1 spiro atoms. The van der Waals surface area contributed by atoms with Gasteiger partial charge in [0.15, 0.2) is 0 Å². The molecule has 98 valence electrons. The third-order valence-corrected chi connectivity index (χ3v) is 4.78. The topological polar surface area (TPSA) is 53.5 Å². The Bertz CT molecular complexity index is 729. The van der Waals surface area contributed by atoms with Crippen molar-refractivity contribution < 1.29 is 4.79 Å². The molecule has 5 heteroatoms. The Morgan fingerprint density at radius 2 is 1.75 bits per heavy atom. The van der Waals surface area contributed by atoms with Gasteiger partial charge >= 0.3 is 0 Å². The van der Waals surface area contributed by atoms with Crippen molar-refractivity contribution in [2.75, 3.05) is 5.32 Å². The summed E-state index contributed by atoms with van der Waals surface area (Å²) in [5, 5.41) is 8.10. The second-order valence-corrected chi connectivity index (χ2v) is 5.88. The molecule has 0 unspecified atom stereocenters. The minimum absolute atomic E-state index is 0.0709. The van der Waals surface area contributed by atoms with Crippen LogP contribution in [0.15, 0.2) is 59.7 Å². The highest BCUT2D eigenvalue weighted by Gasteiger charge is 2.51. The van der Waals surface area contributed by atoms with E-state index in [9.17, 15) is 4.79 Å². The van der Waals surface area contributed by atoms with E-state index in [-0.39, 0.29) is 5.91 Å². The number of rotatable bonds is 1. The minimum atomic E-state index is -0.832. The van der Waals surface area contributed by atoms with Crippen molar-refractivity contribution in [3.8, 4) is 0 Å². The minimum Gasteiger partial charge on any atom is -0.323 e. The molecule has 0 radical (unpaired) electrons. The molecule has 2 aromatic rings. The van der Waals surface area contributed by atoms with E-state index in [1.165, 1.54) is 11.8 Å². The van der Waals surface area contributed by atoms with Crippen LogP contribution in [-0.2, 0) is 9.67 Å². The number of benzene rings is 2. The van der Waals surface area contributed by atoms with Crippen molar-refractivity contribution in [3.05, 3.63) is 65.7 Å². The average Bonchev–Trinajstić information content (AvgIpc) is 3.05. The average molecular weight is 281 g/mol. The quantitative estimate of drug-likeness (QED) is 0.844. The SMILES string of the molecule is O=C1Nc2ccccc2[C@@]12NN=C(c1ccccc1)S2. The number of thioether (sulfide) groups is 1. The summed E-state index contributed by atoms with van der Waals surface area (Å²) in [4.78, 5) is 11.5. The molecule has 0 bridgehead atoms. The van der Waals surface area contributed by atoms with Gasteiger partial charge < -0.3 is 5.32 Å². The molecule has 2 N–H and O–H groups in total. The fraction of sp³-hybridized carbons (Fsp3) is 0.0667. The first-order valence-corrected chi connectivity index (χ1v) is 7.11. The van der Waals surface area contributed by atoms with E-state index in [4.69, 9.17) is 0 Å². The van der Waals surface area contributed by atoms with Crippen molar-refractivity contribution in [1.29, 1.82) is 0 Å². The van der Waals surface area contributed by atoms with Crippen molar-refractivity contribution >= 4 is 28.4 Å². The number of amides is 1. The monoisotopic (exact) mass is 281 g/mol. The molecule has 2 aliphatic heterocycles. The van der Waals surface area contributed by atoms with Gasteiger partial charge in [0.05, 0.1) is 0 Å². The van der Waals surface area contributed by atoms with Crippen molar-refractivity contribution in [3.63, 3.8) is 0 Å². The van der Waals surface area contributed by atoms with Gasteiger partial charge in [-0.2, -0.15) is 5.10 Å². The molecule has 0 aromatic heterocycles. The molecule has 1 amide bonds. The maximum absolute atomic E-state index is 12.4. The lowest BCUT2D eigenvalue weighted by atomic mass is 10.1. The summed E-state index contributed by atoms with van der Waals surface area (Å²) in [6.07, 6.45) is 0. The van der Waals surface area contributed by atoms with E-state index in [0.29, 0.717) is 0 Å². The predicted octanol–water partition coefficient (Wildman–Crippen LogP) is 2.49. The zero-order valence-corrected chi connectivity index (χ0v) is 11.3. The third kappa shape index (κ3) is 1.50. The molecule has 4 rings (SSSR count). The molecule has 2 aromatic carbocycles. The van der Waals surface area contributed by atoms with Crippen LogP contribution in [0, 0.1) is 0 Å². The third-order valence-electron chi connectivity index (χ3n) is 3.46. The lowest BCUT2D eigenvalue weighted by Gasteiger charge is -2.19. The summed E-state index contributed by atoms with van der Waals surface area (Å²) >= 11 is 1.45. The van der Waals surface area contributed by atoms with Crippen LogP contribution < -0.4 is 10.7 Å². The highest BCUT2D eigenvalue weighted by molar-refractivity contribution is 8.16. The molecule has 0 saturated carbocycles. The first kappa shape index (κ1) is 11.5. The van der Waals surface area contributed by atoms with Gasteiger partial charge in [-0.05, 0) is 6.07 Å². The molecule has 1 atom stereocenters. The summed E-state index contributed by atoms with van der Waals surface area (Å²) in [6.45, 7) is 0. The lowest BCUT2D eigenvalue weighted by Crippen LogP contribution is -2.39.